The summed E-state index contributed by atoms with van der Waals surface area (Å²) in [6, 6.07) is 11.0. The Morgan fingerprint density at radius 2 is 1.78 bits per heavy atom. The fraction of sp³-hybridized carbons (Fsp3) is 0.235. The van der Waals surface area contributed by atoms with E-state index >= 15 is 0 Å². The predicted octanol–water partition coefficient (Wildman–Crippen LogP) is 3.72. The second kappa shape index (κ2) is 7.74. The number of hydrogen-bond acceptors (Lipinski definition) is 4. The molecule has 0 aromatic heterocycles. The van der Waals surface area contributed by atoms with E-state index in [2.05, 4.69) is 10.6 Å². The van der Waals surface area contributed by atoms with Crippen molar-refractivity contribution in [2.45, 2.75) is 6.92 Å². The summed E-state index contributed by atoms with van der Waals surface area (Å²) in [6.07, 6.45) is 0. The van der Waals surface area contributed by atoms with Crippen LogP contribution >= 0.6 is 11.6 Å². The molecule has 122 valence electrons. The first-order valence-corrected chi connectivity index (χ1v) is 7.43. The fourth-order valence-corrected chi connectivity index (χ4v) is 2.34. The van der Waals surface area contributed by atoms with Gasteiger partial charge >= 0.3 is 0 Å². The molecular formula is C17H19ClN2O3. The molecule has 0 bridgehead atoms. The molecule has 5 nitrogen and oxygen atoms in total. The molecule has 2 aromatic carbocycles. The van der Waals surface area contributed by atoms with Gasteiger partial charge in [0.05, 0.1) is 31.5 Å². The molecule has 0 saturated heterocycles. The van der Waals surface area contributed by atoms with Gasteiger partial charge in [-0.25, -0.2) is 0 Å². The maximum Gasteiger partial charge on any atom is 0.243 e. The summed E-state index contributed by atoms with van der Waals surface area (Å²) in [5.41, 5.74) is 2.49. The topological polar surface area (TPSA) is 59.6 Å². The van der Waals surface area contributed by atoms with Crippen LogP contribution in [0.5, 0.6) is 11.5 Å². The number of anilines is 2. The van der Waals surface area contributed by atoms with Crippen molar-refractivity contribution in [3.05, 3.63) is 47.0 Å². The van der Waals surface area contributed by atoms with E-state index in [1.165, 1.54) is 14.2 Å². The van der Waals surface area contributed by atoms with Crippen molar-refractivity contribution in [3.63, 3.8) is 0 Å². The molecule has 0 spiro atoms. The number of methoxy groups -OCH3 is 2. The lowest BCUT2D eigenvalue weighted by atomic mass is 10.2. The molecule has 1 amide bonds. The molecule has 0 unspecified atom stereocenters. The van der Waals surface area contributed by atoms with Crippen molar-refractivity contribution in [2.24, 2.45) is 0 Å². The third kappa shape index (κ3) is 4.29. The zero-order valence-electron chi connectivity index (χ0n) is 13.3. The number of ether oxygens (including phenoxy) is 2. The molecule has 2 rings (SSSR count). The lowest BCUT2D eigenvalue weighted by Crippen LogP contribution is -2.22. The highest BCUT2D eigenvalue weighted by molar-refractivity contribution is 6.32. The zero-order chi connectivity index (χ0) is 16.8. The normalized spacial score (nSPS) is 10.1. The highest BCUT2D eigenvalue weighted by Gasteiger charge is 2.12. The quantitative estimate of drug-likeness (QED) is 0.845. The van der Waals surface area contributed by atoms with Crippen molar-refractivity contribution in [2.75, 3.05) is 31.4 Å². The Morgan fingerprint density at radius 3 is 2.43 bits per heavy atom. The standard InChI is InChI=1S/C17H19ClN2O3/c1-11-6-4-5-7-13(11)19-10-17(21)20-14-8-12(18)15(22-2)9-16(14)23-3/h4-9,19H,10H2,1-3H3,(H,20,21). The van der Waals surface area contributed by atoms with Crippen LogP contribution in [0.15, 0.2) is 36.4 Å². The van der Waals surface area contributed by atoms with Gasteiger partial charge in [-0.2, -0.15) is 0 Å². The Hall–Kier alpha value is -2.40. The third-order valence-electron chi connectivity index (χ3n) is 3.33. The van der Waals surface area contributed by atoms with E-state index in [9.17, 15) is 4.79 Å². The largest absolute Gasteiger partial charge is 0.495 e. The first kappa shape index (κ1) is 17.0. The molecule has 0 atom stereocenters. The molecule has 0 saturated carbocycles. The van der Waals surface area contributed by atoms with Crippen molar-refractivity contribution in [1.29, 1.82) is 0 Å². The molecule has 2 aromatic rings. The maximum atomic E-state index is 12.1. The second-order valence-electron chi connectivity index (χ2n) is 4.90. The average molecular weight is 335 g/mol. The van der Waals surface area contributed by atoms with Gasteiger partial charge in [-0.05, 0) is 24.6 Å². The van der Waals surface area contributed by atoms with Gasteiger partial charge in [-0.1, -0.05) is 29.8 Å². The van der Waals surface area contributed by atoms with E-state index in [-0.39, 0.29) is 12.5 Å². The lowest BCUT2D eigenvalue weighted by Gasteiger charge is -2.14. The fourth-order valence-electron chi connectivity index (χ4n) is 2.10. The van der Waals surface area contributed by atoms with Crippen LogP contribution in [0.4, 0.5) is 11.4 Å². The molecule has 2 N–H and O–H groups in total. The smallest absolute Gasteiger partial charge is 0.243 e. The van der Waals surface area contributed by atoms with Crippen LogP contribution in [-0.4, -0.2) is 26.7 Å². The number of hydrogen-bond donors (Lipinski definition) is 2. The monoisotopic (exact) mass is 334 g/mol. The molecule has 6 heteroatoms. The molecule has 23 heavy (non-hydrogen) atoms. The Kier molecular flexibility index (Phi) is 5.71. The summed E-state index contributed by atoms with van der Waals surface area (Å²) in [7, 11) is 3.04. The zero-order valence-corrected chi connectivity index (χ0v) is 14.0. The summed E-state index contributed by atoms with van der Waals surface area (Å²) < 4.78 is 10.4. The lowest BCUT2D eigenvalue weighted by molar-refractivity contribution is -0.114. The summed E-state index contributed by atoms with van der Waals surface area (Å²) in [6.45, 7) is 2.12. The predicted molar refractivity (Wildman–Crippen MR) is 92.9 cm³/mol. The van der Waals surface area contributed by atoms with E-state index in [0.29, 0.717) is 22.2 Å². The minimum absolute atomic E-state index is 0.137. The Bertz CT molecular complexity index is 704. The number of aryl methyl sites for hydroxylation is 1. The Labute approximate surface area is 140 Å². The summed E-state index contributed by atoms with van der Waals surface area (Å²) in [5.74, 6) is 0.767. The molecule has 0 radical (unpaired) electrons. The van der Waals surface area contributed by atoms with Crippen LogP contribution in [0.2, 0.25) is 5.02 Å². The van der Waals surface area contributed by atoms with E-state index < -0.39 is 0 Å². The van der Waals surface area contributed by atoms with E-state index in [4.69, 9.17) is 21.1 Å². The van der Waals surface area contributed by atoms with Crippen molar-refractivity contribution in [3.8, 4) is 11.5 Å². The van der Waals surface area contributed by atoms with Crippen molar-refractivity contribution >= 4 is 28.9 Å². The van der Waals surface area contributed by atoms with Crippen LogP contribution in [0.25, 0.3) is 0 Å². The molecule has 0 aliphatic carbocycles. The second-order valence-corrected chi connectivity index (χ2v) is 5.31. The van der Waals surface area contributed by atoms with Crippen molar-refractivity contribution < 1.29 is 14.3 Å². The van der Waals surface area contributed by atoms with E-state index in [0.717, 1.165) is 11.3 Å². The minimum atomic E-state index is -0.201. The van der Waals surface area contributed by atoms with E-state index in [1.807, 2.05) is 31.2 Å². The first-order chi connectivity index (χ1) is 11.0. The summed E-state index contributed by atoms with van der Waals surface area (Å²) in [4.78, 5) is 12.1. The number of amides is 1. The SMILES string of the molecule is COc1cc(OC)c(NC(=O)CNc2ccccc2C)cc1Cl. The molecule has 0 aliphatic heterocycles. The third-order valence-corrected chi connectivity index (χ3v) is 3.63. The number of nitrogens with one attached hydrogen (secondary N) is 2. The molecular weight excluding hydrogens is 316 g/mol. The number of rotatable bonds is 6. The summed E-state index contributed by atoms with van der Waals surface area (Å²) in [5, 5.41) is 6.27. The van der Waals surface area contributed by atoms with Gasteiger partial charge in [-0.3, -0.25) is 4.79 Å². The van der Waals surface area contributed by atoms with Crippen LogP contribution in [0.3, 0.4) is 0 Å². The highest BCUT2D eigenvalue weighted by Crippen LogP contribution is 2.35. The van der Waals surface area contributed by atoms with E-state index in [1.54, 1.807) is 12.1 Å². The number of carbonyl (C=O) groups is 1. The van der Waals surface area contributed by atoms with Gasteiger partial charge in [0.15, 0.2) is 0 Å². The number of benzene rings is 2. The van der Waals surface area contributed by atoms with Crippen LogP contribution in [-0.2, 0) is 4.79 Å². The van der Waals surface area contributed by atoms with Crippen LogP contribution in [0, 0.1) is 6.92 Å². The van der Waals surface area contributed by atoms with Crippen LogP contribution in [0.1, 0.15) is 5.56 Å². The Morgan fingerprint density at radius 1 is 1.09 bits per heavy atom. The van der Waals surface area contributed by atoms with Gasteiger partial charge in [-0.15, -0.1) is 0 Å². The minimum Gasteiger partial charge on any atom is -0.495 e. The van der Waals surface area contributed by atoms with Gasteiger partial charge in [0, 0.05) is 11.8 Å². The number of halogens is 1. The summed E-state index contributed by atoms with van der Waals surface area (Å²) >= 11 is 6.09. The van der Waals surface area contributed by atoms with Gasteiger partial charge in [0.1, 0.15) is 11.5 Å². The van der Waals surface area contributed by atoms with Gasteiger partial charge < -0.3 is 20.1 Å². The average Bonchev–Trinajstić information content (AvgIpc) is 2.54. The maximum absolute atomic E-state index is 12.1. The van der Waals surface area contributed by atoms with Crippen LogP contribution < -0.4 is 20.1 Å². The number of carbonyl (C=O) groups excluding carboxylic acids is 1. The molecule has 0 fully saturated rings. The van der Waals surface area contributed by atoms with Gasteiger partial charge in [0.2, 0.25) is 5.91 Å². The molecule has 0 heterocycles. The number of para-hydroxylation sites is 1. The highest BCUT2D eigenvalue weighted by atomic mass is 35.5. The Balaban J connectivity index is 2.05. The first-order valence-electron chi connectivity index (χ1n) is 7.06. The van der Waals surface area contributed by atoms with Crippen molar-refractivity contribution in [1.82, 2.24) is 0 Å². The van der Waals surface area contributed by atoms with Gasteiger partial charge in [0.25, 0.3) is 0 Å². The molecule has 0 aliphatic rings.